The maximum absolute atomic E-state index is 12.3. The molecule has 2 rings (SSSR count). The predicted molar refractivity (Wildman–Crippen MR) is 85.9 cm³/mol. The molecular weight excluding hydrogens is 272 g/mol. The van der Waals surface area contributed by atoms with Gasteiger partial charge in [-0.15, -0.1) is 12.4 Å². The second kappa shape index (κ2) is 7.13. The Bertz CT molecular complexity index is 319. The minimum Gasteiger partial charge on any atom is -0.343 e. The molecule has 2 atom stereocenters. The summed E-state index contributed by atoms with van der Waals surface area (Å²) in [5.74, 6) is 1.54. The van der Waals surface area contributed by atoms with Gasteiger partial charge in [-0.05, 0) is 42.9 Å². The number of nitrogens with two attached hydrogens (primary N) is 1. The summed E-state index contributed by atoms with van der Waals surface area (Å²) in [5.41, 5.74) is 6.44. The van der Waals surface area contributed by atoms with Gasteiger partial charge in [0.25, 0.3) is 0 Å². The minimum absolute atomic E-state index is 0. The third-order valence-corrected chi connectivity index (χ3v) is 5.23. The first-order valence-corrected chi connectivity index (χ1v) is 7.91. The molecular formula is C16H31ClN2O. The number of hydrogen-bond acceptors (Lipinski definition) is 2. The van der Waals surface area contributed by atoms with E-state index in [0.29, 0.717) is 23.7 Å². The van der Waals surface area contributed by atoms with Gasteiger partial charge in [0.15, 0.2) is 0 Å². The van der Waals surface area contributed by atoms with Gasteiger partial charge < -0.3 is 10.6 Å². The van der Waals surface area contributed by atoms with Crippen LogP contribution in [0.1, 0.15) is 59.3 Å². The maximum atomic E-state index is 12.3. The summed E-state index contributed by atoms with van der Waals surface area (Å²) < 4.78 is 0. The molecule has 4 heteroatoms. The van der Waals surface area contributed by atoms with Crippen LogP contribution < -0.4 is 5.73 Å². The van der Waals surface area contributed by atoms with Gasteiger partial charge >= 0.3 is 0 Å². The van der Waals surface area contributed by atoms with E-state index in [1.807, 2.05) is 0 Å². The Morgan fingerprint density at radius 1 is 1.15 bits per heavy atom. The lowest BCUT2D eigenvalue weighted by Crippen LogP contribution is -2.42. The summed E-state index contributed by atoms with van der Waals surface area (Å²) >= 11 is 0. The van der Waals surface area contributed by atoms with E-state index < -0.39 is 0 Å². The highest BCUT2D eigenvalue weighted by atomic mass is 35.5. The normalized spacial score (nSPS) is 28.3. The molecule has 0 aromatic rings. The van der Waals surface area contributed by atoms with Gasteiger partial charge in [0.1, 0.15) is 0 Å². The molecule has 1 saturated heterocycles. The summed E-state index contributed by atoms with van der Waals surface area (Å²) in [5, 5.41) is 0. The first-order valence-electron chi connectivity index (χ1n) is 7.91. The Morgan fingerprint density at radius 3 is 2.20 bits per heavy atom. The third kappa shape index (κ3) is 4.36. The molecule has 118 valence electrons. The second-order valence-electron chi connectivity index (χ2n) is 7.58. The number of carbonyl (C=O) groups excluding carboxylic acids is 1. The van der Waals surface area contributed by atoms with Crippen LogP contribution in [0.25, 0.3) is 0 Å². The number of halogens is 1. The fraction of sp³-hybridized carbons (Fsp3) is 0.938. The fourth-order valence-electron chi connectivity index (χ4n) is 3.67. The van der Waals surface area contributed by atoms with Gasteiger partial charge in [-0.1, -0.05) is 27.2 Å². The number of nitrogens with zero attached hydrogens (tertiary/aromatic N) is 1. The topological polar surface area (TPSA) is 46.3 Å². The lowest BCUT2D eigenvalue weighted by atomic mass is 9.75. The fourth-order valence-corrected chi connectivity index (χ4v) is 3.67. The standard InChI is InChI=1S/C16H30N2O.ClH/c1-16(2,3)13-7-9-18(10-8-13)15(19)11-12-5-4-6-14(12)17;/h12-14H,4-11,17H2,1-3H3;1H/t12-,14+;/m0./s1. The Morgan fingerprint density at radius 2 is 1.75 bits per heavy atom. The van der Waals surface area contributed by atoms with Crippen molar-refractivity contribution in [1.29, 1.82) is 0 Å². The number of carbonyl (C=O) groups is 1. The van der Waals surface area contributed by atoms with Gasteiger partial charge in [-0.25, -0.2) is 0 Å². The van der Waals surface area contributed by atoms with E-state index in [4.69, 9.17) is 5.73 Å². The molecule has 3 nitrogen and oxygen atoms in total. The van der Waals surface area contributed by atoms with Crippen LogP contribution in [0, 0.1) is 17.3 Å². The molecule has 1 saturated carbocycles. The highest BCUT2D eigenvalue weighted by Gasteiger charge is 2.32. The number of likely N-dealkylation sites (tertiary alicyclic amines) is 1. The molecule has 1 amide bonds. The van der Waals surface area contributed by atoms with Crippen molar-refractivity contribution in [1.82, 2.24) is 4.90 Å². The molecule has 1 aliphatic heterocycles. The van der Waals surface area contributed by atoms with Crippen molar-refractivity contribution in [2.24, 2.45) is 23.0 Å². The summed E-state index contributed by atoms with van der Waals surface area (Å²) in [6, 6.07) is 0.260. The maximum Gasteiger partial charge on any atom is 0.222 e. The van der Waals surface area contributed by atoms with E-state index in [1.165, 1.54) is 6.42 Å². The van der Waals surface area contributed by atoms with Crippen molar-refractivity contribution in [3.8, 4) is 0 Å². The van der Waals surface area contributed by atoms with E-state index in [1.54, 1.807) is 0 Å². The van der Waals surface area contributed by atoms with Crippen LogP contribution in [0.2, 0.25) is 0 Å². The van der Waals surface area contributed by atoms with E-state index in [2.05, 4.69) is 25.7 Å². The molecule has 2 N–H and O–H groups in total. The first-order chi connectivity index (χ1) is 8.88. The highest BCUT2D eigenvalue weighted by molar-refractivity contribution is 5.85. The Balaban J connectivity index is 0.00000200. The second-order valence-corrected chi connectivity index (χ2v) is 7.58. The van der Waals surface area contributed by atoms with Crippen molar-refractivity contribution in [3.05, 3.63) is 0 Å². The molecule has 0 aromatic heterocycles. The Kier molecular flexibility index (Phi) is 6.33. The van der Waals surface area contributed by atoms with Crippen molar-refractivity contribution in [3.63, 3.8) is 0 Å². The van der Waals surface area contributed by atoms with Gasteiger partial charge in [-0.2, -0.15) is 0 Å². The van der Waals surface area contributed by atoms with Crippen LogP contribution >= 0.6 is 12.4 Å². The lowest BCUT2D eigenvalue weighted by Gasteiger charge is -2.39. The largest absolute Gasteiger partial charge is 0.343 e. The van der Waals surface area contributed by atoms with Gasteiger partial charge in [0.2, 0.25) is 5.91 Å². The molecule has 20 heavy (non-hydrogen) atoms. The molecule has 0 spiro atoms. The number of rotatable bonds is 2. The van der Waals surface area contributed by atoms with Crippen LogP contribution in [-0.2, 0) is 4.79 Å². The smallest absolute Gasteiger partial charge is 0.222 e. The van der Waals surface area contributed by atoms with Crippen molar-refractivity contribution in [2.75, 3.05) is 13.1 Å². The van der Waals surface area contributed by atoms with Crippen molar-refractivity contribution < 1.29 is 4.79 Å². The molecule has 0 unspecified atom stereocenters. The SMILES string of the molecule is CC(C)(C)C1CCN(C(=O)C[C@@H]2CCC[C@H]2N)CC1.Cl. The van der Waals surface area contributed by atoms with Crippen LogP contribution in [0.5, 0.6) is 0 Å². The van der Waals surface area contributed by atoms with Gasteiger partial charge in [0.05, 0.1) is 0 Å². The Labute approximate surface area is 130 Å². The zero-order chi connectivity index (χ0) is 14.0. The summed E-state index contributed by atoms with van der Waals surface area (Å²) in [6.07, 6.45) is 6.44. The van der Waals surface area contributed by atoms with Crippen LogP contribution in [0.4, 0.5) is 0 Å². The summed E-state index contributed by atoms with van der Waals surface area (Å²) in [4.78, 5) is 14.4. The van der Waals surface area contributed by atoms with Crippen LogP contribution in [-0.4, -0.2) is 29.9 Å². The van der Waals surface area contributed by atoms with Gasteiger partial charge in [0, 0.05) is 25.6 Å². The molecule has 2 fully saturated rings. The van der Waals surface area contributed by atoms with Crippen LogP contribution in [0.15, 0.2) is 0 Å². The molecule has 1 heterocycles. The lowest BCUT2D eigenvalue weighted by molar-refractivity contribution is -0.134. The average molecular weight is 303 g/mol. The third-order valence-electron chi connectivity index (χ3n) is 5.23. The van der Waals surface area contributed by atoms with E-state index >= 15 is 0 Å². The van der Waals surface area contributed by atoms with Crippen molar-refractivity contribution >= 4 is 18.3 Å². The Hall–Kier alpha value is -0.280. The number of hydrogen-bond donors (Lipinski definition) is 1. The summed E-state index contributed by atoms with van der Waals surface area (Å²) in [6.45, 7) is 8.83. The monoisotopic (exact) mass is 302 g/mol. The van der Waals surface area contributed by atoms with Crippen molar-refractivity contribution in [2.45, 2.75) is 65.3 Å². The molecule has 0 bridgehead atoms. The predicted octanol–water partition coefficient (Wildman–Crippen LogP) is 3.21. The highest BCUT2D eigenvalue weighted by Crippen LogP contribution is 2.35. The van der Waals surface area contributed by atoms with E-state index in [0.717, 1.165) is 44.7 Å². The molecule has 1 aliphatic carbocycles. The zero-order valence-corrected chi connectivity index (χ0v) is 14.0. The van der Waals surface area contributed by atoms with Gasteiger partial charge in [-0.3, -0.25) is 4.79 Å². The number of amides is 1. The minimum atomic E-state index is 0. The first kappa shape index (κ1) is 17.8. The average Bonchev–Trinajstić information content (AvgIpc) is 2.74. The number of piperidine rings is 1. The molecule has 0 aromatic carbocycles. The molecule has 0 radical (unpaired) electrons. The van der Waals surface area contributed by atoms with E-state index in [9.17, 15) is 4.79 Å². The van der Waals surface area contributed by atoms with E-state index in [-0.39, 0.29) is 18.4 Å². The quantitative estimate of drug-likeness (QED) is 0.851. The van der Waals surface area contributed by atoms with Crippen LogP contribution in [0.3, 0.4) is 0 Å². The molecule has 2 aliphatic rings. The zero-order valence-electron chi connectivity index (χ0n) is 13.2. The summed E-state index contributed by atoms with van der Waals surface area (Å²) in [7, 11) is 0.